The molecule has 1 heterocycles. The van der Waals surface area contributed by atoms with Crippen LogP contribution in [-0.2, 0) is 21.4 Å². The topological polar surface area (TPSA) is 94.2 Å². The van der Waals surface area contributed by atoms with Crippen molar-refractivity contribution in [2.75, 3.05) is 31.3 Å². The molecule has 2 aromatic carbocycles. The zero-order valence-electron chi connectivity index (χ0n) is 16.8. The van der Waals surface area contributed by atoms with Crippen molar-refractivity contribution in [1.82, 2.24) is 5.32 Å². The van der Waals surface area contributed by atoms with Crippen molar-refractivity contribution < 1.29 is 27.4 Å². The second-order valence-corrected chi connectivity index (χ2v) is 8.69. The molecule has 0 bridgehead atoms. The number of sulfonamides is 1. The lowest BCUT2D eigenvalue weighted by Crippen LogP contribution is -2.50. The van der Waals surface area contributed by atoms with Gasteiger partial charge in [-0.15, -0.1) is 0 Å². The fraction of sp³-hybridized carbons (Fsp3) is 0.350. The van der Waals surface area contributed by atoms with Gasteiger partial charge in [-0.1, -0.05) is 12.1 Å². The van der Waals surface area contributed by atoms with Crippen molar-refractivity contribution in [3.8, 4) is 17.2 Å². The van der Waals surface area contributed by atoms with Gasteiger partial charge in [-0.3, -0.25) is 9.10 Å². The third-order valence-electron chi connectivity index (χ3n) is 4.59. The Labute approximate surface area is 170 Å². The van der Waals surface area contributed by atoms with Gasteiger partial charge in [0.25, 0.3) is 5.91 Å². The fourth-order valence-electron chi connectivity index (χ4n) is 3.11. The number of methoxy groups -OCH3 is 2. The van der Waals surface area contributed by atoms with Crippen molar-refractivity contribution in [3.63, 3.8) is 0 Å². The normalized spacial score (nSPS) is 15.9. The van der Waals surface area contributed by atoms with Crippen LogP contribution in [0.3, 0.4) is 0 Å². The predicted octanol–water partition coefficient (Wildman–Crippen LogP) is 1.86. The first-order valence-electron chi connectivity index (χ1n) is 8.96. The van der Waals surface area contributed by atoms with E-state index in [9.17, 15) is 13.2 Å². The minimum Gasteiger partial charge on any atom is -0.493 e. The van der Waals surface area contributed by atoms with Crippen molar-refractivity contribution in [2.45, 2.75) is 19.6 Å². The Kier molecular flexibility index (Phi) is 5.88. The molecule has 1 N–H and O–H groups in total. The molecule has 0 spiro atoms. The largest absolute Gasteiger partial charge is 0.493 e. The summed E-state index contributed by atoms with van der Waals surface area (Å²) < 4.78 is 42.0. The number of carbonyl (C=O) groups excluding carboxylic acids is 1. The van der Waals surface area contributed by atoms with E-state index < -0.39 is 22.0 Å². The van der Waals surface area contributed by atoms with Crippen LogP contribution in [0.1, 0.15) is 11.1 Å². The van der Waals surface area contributed by atoms with Gasteiger partial charge >= 0.3 is 0 Å². The highest BCUT2D eigenvalue weighted by Gasteiger charge is 2.35. The standard InChI is InChI=1S/C20H24N2O6S/c1-13-5-7-16-15(9-13)22(29(4,24)25)12-19(28-16)20(23)21-11-14-6-8-17(26-2)18(10-14)27-3/h5-10,19H,11-12H2,1-4H3,(H,21,23). The van der Waals surface area contributed by atoms with Gasteiger partial charge in [-0.25, -0.2) is 8.42 Å². The van der Waals surface area contributed by atoms with Crippen LogP contribution < -0.4 is 23.8 Å². The monoisotopic (exact) mass is 420 g/mol. The molecule has 1 atom stereocenters. The average Bonchev–Trinajstić information content (AvgIpc) is 2.70. The van der Waals surface area contributed by atoms with Gasteiger partial charge in [0.1, 0.15) is 5.75 Å². The van der Waals surface area contributed by atoms with Gasteiger partial charge in [-0.2, -0.15) is 0 Å². The second kappa shape index (κ2) is 8.20. The molecule has 0 aromatic heterocycles. The number of carbonyl (C=O) groups is 1. The van der Waals surface area contributed by atoms with E-state index in [1.165, 1.54) is 11.4 Å². The van der Waals surface area contributed by atoms with Gasteiger partial charge in [-0.05, 0) is 42.3 Å². The van der Waals surface area contributed by atoms with Crippen LogP contribution in [0, 0.1) is 6.92 Å². The summed E-state index contributed by atoms with van der Waals surface area (Å²) in [4.78, 5) is 12.7. The highest BCUT2D eigenvalue weighted by molar-refractivity contribution is 7.92. The minimum atomic E-state index is -3.56. The Morgan fingerprint density at radius 2 is 1.90 bits per heavy atom. The van der Waals surface area contributed by atoms with E-state index in [0.29, 0.717) is 22.9 Å². The number of benzene rings is 2. The average molecular weight is 420 g/mol. The van der Waals surface area contributed by atoms with Crippen LogP contribution in [0.5, 0.6) is 17.2 Å². The quantitative estimate of drug-likeness (QED) is 0.767. The van der Waals surface area contributed by atoms with Crippen LogP contribution in [0.25, 0.3) is 0 Å². The molecule has 1 aliphatic heterocycles. The Morgan fingerprint density at radius 3 is 2.55 bits per heavy atom. The van der Waals surface area contributed by atoms with Crippen molar-refractivity contribution >= 4 is 21.6 Å². The summed E-state index contributed by atoms with van der Waals surface area (Å²) in [5.41, 5.74) is 2.15. The highest BCUT2D eigenvalue weighted by Crippen LogP contribution is 2.35. The van der Waals surface area contributed by atoms with Crippen molar-refractivity contribution in [3.05, 3.63) is 47.5 Å². The first-order chi connectivity index (χ1) is 13.7. The maximum Gasteiger partial charge on any atom is 0.263 e. The molecule has 8 nitrogen and oxygen atoms in total. The number of fused-ring (bicyclic) bond motifs is 1. The number of rotatable bonds is 6. The number of nitrogens with zero attached hydrogens (tertiary/aromatic N) is 1. The minimum absolute atomic E-state index is 0.0902. The van der Waals surface area contributed by atoms with E-state index in [0.717, 1.165) is 17.4 Å². The van der Waals surface area contributed by atoms with E-state index in [-0.39, 0.29) is 13.1 Å². The summed E-state index contributed by atoms with van der Waals surface area (Å²) in [6, 6.07) is 10.5. The maximum atomic E-state index is 12.7. The van der Waals surface area contributed by atoms with E-state index in [4.69, 9.17) is 14.2 Å². The summed E-state index contributed by atoms with van der Waals surface area (Å²) in [5, 5.41) is 2.79. The molecule has 0 fully saturated rings. The molecular weight excluding hydrogens is 396 g/mol. The van der Waals surface area contributed by atoms with Gasteiger partial charge in [0.2, 0.25) is 10.0 Å². The number of hydrogen-bond acceptors (Lipinski definition) is 6. The molecule has 1 aliphatic rings. The molecule has 3 rings (SSSR count). The van der Waals surface area contributed by atoms with Crippen LogP contribution in [0.2, 0.25) is 0 Å². The number of anilines is 1. The number of amides is 1. The molecule has 156 valence electrons. The number of nitrogens with one attached hydrogen (secondary N) is 1. The van der Waals surface area contributed by atoms with Gasteiger partial charge < -0.3 is 19.5 Å². The molecule has 1 amide bonds. The smallest absolute Gasteiger partial charge is 0.263 e. The van der Waals surface area contributed by atoms with Crippen molar-refractivity contribution in [1.29, 1.82) is 0 Å². The van der Waals surface area contributed by atoms with Crippen LogP contribution in [-0.4, -0.2) is 47.4 Å². The van der Waals surface area contributed by atoms with E-state index >= 15 is 0 Å². The molecule has 9 heteroatoms. The Bertz CT molecular complexity index is 1020. The lowest BCUT2D eigenvalue weighted by atomic mass is 10.1. The first kappa shape index (κ1) is 20.8. The third kappa shape index (κ3) is 4.56. The molecule has 0 radical (unpaired) electrons. The first-order valence-corrected chi connectivity index (χ1v) is 10.8. The van der Waals surface area contributed by atoms with Crippen LogP contribution in [0.15, 0.2) is 36.4 Å². The summed E-state index contributed by atoms with van der Waals surface area (Å²) in [6.45, 7) is 2.01. The summed E-state index contributed by atoms with van der Waals surface area (Å²) in [6.07, 6.45) is 0.156. The molecule has 29 heavy (non-hydrogen) atoms. The molecule has 1 unspecified atom stereocenters. The molecule has 0 saturated heterocycles. The SMILES string of the molecule is COc1ccc(CNC(=O)C2CN(S(C)(=O)=O)c3cc(C)ccc3O2)cc1OC. The summed E-state index contributed by atoms with van der Waals surface area (Å²) >= 11 is 0. The lowest BCUT2D eigenvalue weighted by molar-refractivity contribution is -0.127. The summed E-state index contributed by atoms with van der Waals surface area (Å²) in [7, 11) is -0.478. The van der Waals surface area contributed by atoms with Crippen LogP contribution >= 0.6 is 0 Å². The van der Waals surface area contributed by atoms with E-state index in [2.05, 4.69) is 5.32 Å². The van der Waals surface area contributed by atoms with Gasteiger partial charge in [0, 0.05) is 6.54 Å². The highest BCUT2D eigenvalue weighted by atomic mass is 32.2. The molecule has 2 aromatic rings. The third-order valence-corrected chi connectivity index (χ3v) is 5.74. The van der Waals surface area contributed by atoms with E-state index in [1.807, 2.05) is 19.1 Å². The zero-order chi connectivity index (χ0) is 21.2. The van der Waals surface area contributed by atoms with E-state index in [1.54, 1.807) is 31.4 Å². The second-order valence-electron chi connectivity index (χ2n) is 6.78. The molecule has 0 aliphatic carbocycles. The Morgan fingerprint density at radius 1 is 1.17 bits per heavy atom. The van der Waals surface area contributed by atoms with Gasteiger partial charge in [0.05, 0.1) is 32.7 Å². The molecule has 0 saturated carbocycles. The maximum absolute atomic E-state index is 12.7. The lowest BCUT2D eigenvalue weighted by Gasteiger charge is -2.34. The summed E-state index contributed by atoms with van der Waals surface area (Å²) in [5.74, 6) is 1.10. The van der Waals surface area contributed by atoms with Gasteiger partial charge in [0.15, 0.2) is 17.6 Å². The number of ether oxygens (including phenoxy) is 3. The predicted molar refractivity (Wildman–Crippen MR) is 109 cm³/mol. The fourth-order valence-corrected chi connectivity index (χ4v) is 4.01. The number of aryl methyl sites for hydroxylation is 1. The molecular formula is C20H24N2O6S. The zero-order valence-corrected chi connectivity index (χ0v) is 17.6. The van der Waals surface area contributed by atoms with Crippen LogP contribution in [0.4, 0.5) is 5.69 Å². The Hall–Kier alpha value is -2.94. The Balaban J connectivity index is 1.75. The number of hydrogen-bond donors (Lipinski definition) is 1. The van der Waals surface area contributed by atoms with Crippen molar-refractivity contribution in [2.24, 2.45) is 0 Å².